The van der Waals surface area contributed by atoms with Crippen LogP contribution in [0.2, 0.25) is 0 Å². The summed E-state index contributed by atoms with van der Waals surface area (Å²) in [6.07, 6.45) is 0.430. The van der Waals surface area contributed by atoms with Crippen LogP contribution in [0.3, 0.4) is 0 Å². The number of fused-ring (bicyclic) bond motifs is 2. The van der Waals surface area contributed by atoms with E-state index in [1.54, 1.807) is 17.0 Å². The highest BCUT2D eigenvalue weighted by molar-refractivity contribution is 7.16. The topological polar surface area (TPSA) is 120 Å². The van der Waals surface area contributed by atoms with Crippen molar-refractivity contribution in [1.29, 1.82) is 5.26 Å². The van der Waals surface area contributed by atoms with Crippen molar-refractivity contribution < 1.29 is 23.8 Å². The lowest BCUT2D eigenvalue weighted by Crippen LogP contribution is -2.73. The Labute approximate surface area is 274 Å². The van der Waals surface area contributed by atoms with Crippen molar-refractivity contribution in [2.45, 2.75) is 31.5 Å². The van der Waals surface area contributed by atoms with E-state index in [9.17, 15) is 24.7 Å². The van der Waals surface area contributed by atoms with Crippen LogP contribution in [0.4, 0.5) is 25.3 Å². The van der Waals surface area contributed by atoms with Gasteiger partial charge in [0.05, 0.1) is 30.1 Å². The summed E-state index contributed by atoms with van der Waals surface area (Å²) in [5, 5.41) is 31.5. The van der Waals surface area contributed by atoms with Crippen LogP contribution in [0.15, 0.2) is 36.4 Å². The van der Waals surface area contributed by atoms with Crippen molar-refractivity contribution in [3.05, 3.63) is 64.2 Å². The quantitative estimate of drug-likeness (QED) is 0.318. The number of thiazole rings is 1. The third kappa shape index (κ3) is 5.11. The molecule has 2 aromatic heterocycles. The Balaban J connectivity index is 1.08. The molecule has 3 fully saturated rings. The Kier molecular flexibility index (Phi) is 7.18. The largest absolute Gasteiger partial charge is 0.391 e. The number of hydrogen-bond acceptors (Lipinski definition) is 10. The van der Waals surface area contributed by atoms with Gasteiger partial charge in [0.25, 0.3) is 0 Å². The van der Waals surface area contributed by atoms with Crippen molar-refractivity contribution in [2.24, 2.45) is 5.41 Å². The molecule has 2 N–H and O–H groups in total. The number of hydrogen-bond donors (Lipinski definition) is 2. The van der Waals surface area contributed by atoms with Crippen LogP contribution >= 0.6 is 11.3 Å². The minimum absolute atomic E-state index is 0.0536. The Hall–Kier alpha value is -4.22. The highest BCUT2D eigenvalue weighted by atomic mass is 32.1. The molecular weight excluding hydrogens is 624 g/mol. The Morgan fingerprint density at radius 1 is 1.13 bits per heavy atom. The molecule has 2 atom stereocenters. The second-order valence-corrected chi connectivity index (χ2v) is 14.3. The van der Waals surface area contributed by atoms with E-state index in [-0.39, 0.29) is 22.7 Å². The average Bonchev–Trinajstić information content (AvgIpc) is 3.75. The zero-order valence-corrected chi connectivity index (χ0v) is 26.6. The van der Waals surface area contributed by atoms with E-state index < -0.39 is 18.0 Å². The number of rotatable bonds is 6. The first-order valence-corrected chi connectivity index (χ1v) is 16.6. The number of amides is 1. The summed E-state index contributed by atoms with van der Waals surface area (Å²) in [4.78, 5) is 30.3. The smallest absolute Gasteiger partial charge is 0.236 e. The number of aliphatic hydroxyl groups excluding tert-OH is 2. The number of aromatic nitrogens is 2. The zero-order chi connectivity index (χ0) is 32.6. The molecule has 13 heteroatoms. The normalized spacial score (nSPS) is 21.5. The number of carbonyl (C=O) groups excluding carboxylic acids is 1. The monoisotopic (exact) mass is 657 g/mol. The Morgan fingerprint density at radius 3 is 2.60 bits per heavy atom. The van der Waals surface area contributed by atoms with Gasteiger partial charge in [-0.05, 0) is 55.7 Å². The molecule has 0 saturated carbocycles. The minimum atomic E-state index is -0.805. The molecule has 0 radical (unpaired) electrons. The number of benzene rings is 2. The summed E-state index contributed by atoms with van der Waals surface area (Å²) in [6.45, 7) is 4.44. The second-order valence-electron chi connectivity index (χ2n) is 13.3. The van der Waals surface area contributed by atoms with Crippen LogP contribution in [0.1, 0.15) is 35.1 Å². The van der Waals surface area contributed by atoms with E-state index in [1.807, 2.05) is 18.0 Å². The van der Waals surface area contributed by atoms with Crippen LogP contribution in [0.25, 0.3) is 22.2 Å². The van der Waals surface area contributed by atoms with Gasteiger partial charge in [-0.3, -0.25) is 9.69 Å². The van der Waals surface area contributed by atoms with Gasteiger partial charge in [0.15, 0.2) is 10.9 Å². The van der Waals surface area contributed by atoms with Crippen LogP contribution < -0.4 is 9.80 Å². The van der Waals surface area contributed by atoms with Crippen molar-refractivity contribution in [3.63, 3.8) is 0 Å². The van der Waals surface area contributed by atoms with E-state index in [4.69, 9.17) is 4.98 Å². The molecule has 1 amide bonds. The number of nitriles is 1. The van der Waals surface area contributed by atoms with Crippen LogP contribution in [0, 0.1) is 28.4 Å². The lowest BCUT2D eigenvalue weighted by atomic mass is 9.72. The van der Waals surface area contributed by atoms with Gasteiger partial charge in [-0.15, -0.1) is 0 Å². The number of β-amino-alcohol motifs (C(OH)–C–C–N with tert-alkyl or cyclic N) is 1. The van der Waals surface area contributed by atoms with Crippen molar-refractivity contribution in [1.82, 2.24) is 19.8 Å². The predicted molar refractivity (Wildman–Crippen MR) is 174 cm³/mol. The second kappa shape index (κ2) is 11.2. The number of pyridine rings is 1. The maximum absolute atomic E-state index is 15.9. The summed E-state index contributed by atoms with van der Waals surface area (Å²) in [7, 11) is 1.82. The molecule has 1 unspecified atom stereocenters. The molecule has 3 saturated heterocycles. The Bertz CT molecular complexity index is 1950. The fourth-order valence-corrected chi connectivity index (χ4v) is 8.56. The summed E-state index contributed by atoms with van der Waals surface area (Å²) in [6, 6.07) is 11.5. The van der Waals surface area contributed by atoms with E-state index >= 15 is 4.39 Å². The van der Waals surface area contributed by atoms with E-state index in [1.165, 1.54) is 29.5 Å². The van der Waals surface area contributed by atoms with Gasteiger partial charge >= 0.3 is 0 Å². The van der Waals surface area contributed by atoms with Crippen molar-refractivity contribution in [2.75, 3.05) is 62.7 Å². The predicted octanol–water partition coefficient (Wildman–Crippen LogP) is 3.97. The molecule has 47 heavy (non-hydrogen) atoms. The molecule has 4 aliphatic rings. The average molecular weight is 658 g/mol. The minimum Gasteiger partial charge on any atom is -0.391 e. The molecule has 8 rings (SSSR count). The van der Waals surface area contributed by atoms with Gasteiger partial charge < -0.3 is 24.9 Å². The summed E-state index contributed by atoms with van der Waals surface area (Å²) in [5.74, 6) is -0.808. The van der Waals surface area contributed by atoms with Gasteiger partial charge in [0.2, 0.25) is 5.91 Å². The fraction of sp³-hybridized carbons (Fsp3) is 0.412. The molecule has 1 aliphatic carbocycles. The third-order valence-corrected chi connectivity index (χ3v) is 11.0. The highest BCUT2D eigenvalue weighted by Gasteiger charge is 2.52. The van der Waals surface area contributed by atoms with Gasteiger partial charge in [-0.2, -0.15) is 5.26 Å². The summed E-state index contributed by atoms with van der Waals surface area (Å²) >= 11 is 1.20. The van der Waals surface area contributed by atoms with Crippen LogP contribution in [-0.4, -0.2) is 94.9 Å². The number of halogens is 2. The number of likely N-dealkylation sites (tertiary alicyclic amines) is 2. The van der Waals surface area contributed by atoms with E-state index in [0.29, 0.717) is 76.9 Å². The SMILES string of the molecule is CN(c1nc(-c2ccc(F)cc2)c(C#N)s1)c1c2c(nc3c(F)cc(N4CC5(CN(CC(=O)N6CC[C@H](O)C6)C5)C4)cc13)C(O)CC2. The summed E-state index contributed by atoms with van der Waals surface area (Å²) in [5.41, 5.74) is 4.00. The van der Waals surface area contributed by atoms with E-state index in [2.05, 4.69) is 20.9 Å². The van der Waals surface area contributed by atoms with Gasteiger partial charge in [0.1, 0.15) is 28.0 Å². The van der Waals surface area contributed by atoms with E-state index in [0.717, 1.165) is 37.4 Å². The first kappa shape index (κ1) is 30.1. The van der Waals surface area contributed by atoms with Crippen molar-refractivity contribution >= 4 is 44.7 Å². The number of carbonyl (C=O) groups is 1. The molecule has 3 aliphatic heterocycles. The molecule has 4 aromatic rings. The maximum atomic E-state index is 15.9. The number of nitrogens with zero attached hydrogens (tertiary/aromatic N) is 7. The molecule has 2 aromatic carbocycles. The molecule has 242 valence electrons. The fourth-order valence-electron chi connectivity index (χ4n) is 7.70. The van der Waals surface area contributed by atoms with Gasteiger partial charge in [-0.1, -0.05) is 11.3 Å². The molecule has 0 bridgehead atoms. The molecule has 10 nitrogen and oxygen atoms in total. The number of aliphatic hydroxyl groups is 2. The summed E-state index contributed by atoms with van der Waals surface area (Å²) < 4.78 is 29.5. The maximum Gasteiger partial charge on any atom is 0.236 e. The highest BCUT2D eigenvalue weighted by Crippen LogP contribution is 2.47. The molecule has 1 spiro atoms. The lowest BCUT2D eigenvalue weighted by molar-refractivity contribution is -0.135. The zero-order valence-electron chi connectivity index (χ0n) is 25.8. The Morgan fingerprint density at radius 2 is 1.89 bits per heavy atom. The van der Waals surface area contributed by atoms with Crippen molar-refractivity contribution in [3.8, 4) is 17.3 Å². The van der Waals surface area contributed by atoms with Gasteiger partial charge in [0, 0.05) is 73.9 Å². The first-order valence-electron chi connectivity index (χ1n) is 15.8. The standard InChI is InChI=1S/C34H33F2N7O3S/c1-40(33-39-29(27(12-37)47-33)19-2-4-20(35)5-3-19)32-23-6-7-26(45)31(23)38-30-24(32)10-21(11-25(30)36)43-17-34(18-43)15-41(16-34)14-28(46)42-9-8-22(44)13-42/h2-5,10-11,22,26,44-45H,6-9,13-18H2,1H3/t22-,26?/m0/s1. The third-order valence-electron chi connectivity index (χ3n) is 9.98. The lowest BCUT2D eigenvalue weighted by Gasteiger charge is -2.61. The van der Waals surface area contributed by atoms with Gasteiger partial charge in [-0.25, -0.2) is 18.7 Å². The number of anilines is 3. The first-order chi connectivity index (χ1) is 22.6. The van der Waals surface area contributed by atoms with Crippen LogP contribution in [0.5, 0.6) is 0 Å². The van der Waals surface area contributed by atoms with Crippen LogP contribution in [-0.2, 0) is 11.2 Å². The molecule has 5 heterocycles. The molecular formula is C34H33F2N7O3S.